The first-order chi connectivity index (χ1) is 9.69. The van der Waals surface area contributed by atoms with Crippen LogP contribution < -0.4 is 4.90 Å². The Morgan fingerprint density at radius 1 is 1.35 bits per heavy atom. The average molecular weight is 334 g/mol. The van der Waals surface area contributed by atoms with Crippen molar-refractivity contribution >= 4 is 27.7 Å². The Morgan fingerprint density at radius 2 is 2.10 bits per heavy atom. The van der Waals surface area contributed by atoms with Crippen molar-refractivity contribution in [1.29, 1.82) is 0 Å². The summed E-state index contributed by atoms with van der Waals surface area (Å²) in [4.78, 5) is 14.0. The SMILES string of the molecule is Cc1cc(N2CC(CBr)CC2=O)n(-c2ccccc2)n1. The summed E-state index contributed by atoms with van der Waals surface area (Å²) in [6.45, 7) is 2.70. The van der Waals surface area contributed by atoms with E-state index in [1.807, 2.05) is 52.9 Å². The van der Waals surface area contributed by atoms with Crippen molar-refractivity contribution < 1.29 is 4.79 Å². The number of hydrogen-bond acceptors (Lipinski definition) is 2. The molecule has 104 valence electrons. The van der Waals surface area contributed by atoms with Crippen LogP contribution in [0.3, 0.4) is 0 Å². The van der Waals surface area contributed by atoms with Crippen molar-refractivity contribution in [3.8, 4) is 5.69 Å². The van der Waals surface area contributed by atoms with Crippen molar-refractivity contribution in [2.45, 2.75) is 13.3 Å². The van der Waals surface area contributed by atoms with Gasteiger partial charge in [-0.2, -0.15) is 5.10 Å². The lowest BCUT2D eigenvalue weighted by molar-refractivity contribution is -0.117. The number of hydrogen-bond donors (Lipinski definition) is 0. The monoisotopic (exact) mass is 333 g/mol. The molecule has 1 amide bonds. The smallest absolute Gasteiger partial charge is 0.228 e. The third kappa shape index (κ3) is 2.38. The second-order valence-electron chi connectivity index (χ2n) is 5.12. The first-order valence-electron chi connectivity index (χ1n) is 6.67. The van der Waals surface area contributed by atoms with Gasteiger partial charge in [-0.05, 0) is 25.0 Å². The standard InChI is InChI=1S/C15H16BrN3O/c1-11-7-14(18-10-12(9-16)8-15(18)20)19(17-11)13-5-3-2-4-6-13/h2-7,12H,8-10H2,1H3. The van der Waals surface area contributed by atoms with Gasteiger partial charge in [0, 0.05) is 24.4 Å². The van der Waals surface area contributed by atoms with E-state index in [0.717, 1.165) is 29.1 Å². The zero-order chi connectivity index (χ0) is 14.1. The minimum absolute atomic E-state index is 0.173. The van der Waals surface area contributed by atoms with Gasteiger partial charge in [0.15, 0.2) is 0 Å². The molecular weight excluding hydrogens is 318 g/mol. The van der Waals surface area contributed by atoms with Gasteiger partial charge in [-0.1, -0.05) is 34.1 Å². The van der Waals surface area contributed by atoms with E-state index in [1.54, 1.807) is 0 Å². The van der Waals surface area contributed by atoms with E-state index in [9.17, 15) is 4.79 Å². The summed E-state index contributed by atoms with van der Waals surface area (Å²) in [6.07, 6.45) is 0.601. The molecule has 1 atom stereocenters. The van der Waals surface area contributed by atoms with Crippen LogP contribution in [-0.2, 0) is 4.79 Å². The second-order valence-corrected chi connectivity index (χ2v) is 5.77. The predicted molar refractivity (Wildman–Crippen MR) is 82.6 cm³/mol. The number of alkyl halides is 1. The van der Waals surface area contributed by atoms with Gasteiger partial charge in [0.2, 0.25) is 5.91 Å². The average Bonchev–Trinajstić information content (AvgIpc) is 3.02. The Labute approximate surface area is 126 Å². The van der Waals surface area contributed by atoms with E-state index in [0.29, 0.717) is 12.3 Å². The fraction of sp³-hybridized carbons (Fsp3) is 0.333. The summed E-state index contributed by atoms with van der Waals surface area (Å²) in [5.74, 6) is 1.41. The summed E-state index contributed by atoms with van der Waals surface area (Å²) in [6, 6.07) is 11.9. The molecule has 1 aliphatic rings. The van der Waals surface area contributed by atoms with Crippen LogP contribution in [0.4, 0.5) is 5.82 Å². The van der Waals surface area contributed by atoms with Gasteiger partial charge >= 0.3 is 0 Å². The van der Waals surface area contributed by atoms with Crippen LogP contribution in [-0.4, -0.2) is 27.6 Å². The van der Waals surface area contributed by atoms with Gasteiger partial charge in [-0.25, -0.2) is 4.68 Å². The van der Waals surface area contributed by atoms with Gasteiger partial charge < -0.3 is 0 Å². The molecule has 0 aliphatic carbocycles. The molecule has 1 fully saturated rings. The maximum Gasteiger partial charge on any atom is 0.228 e. The van der Waals surface area contributed by atoms with Gasteiger partial charge in [-0.3, -0.25) is 9.69 Å². The van der Waals surface area contributed by atoms with Gasteiger partial charge in [0.05, 0.1) is 11.4 Å². The van der Waals surface area contributed by atoms with Crippen LogP contribution in [0.25, 0.3) is 5.69 Å². The highest BCUT2D eigenvalue weighted by Gasteiger charge is 2.32. The van der Waals surface area contributed by atoms with Gasteiger partial charge in [0.25, 0.3) is 0 Å². The van der Waals surface area contributed by atoms with Crippen LogP contribution in [0.2, 0.25) is 0 Å². The topological polar surface area (TPSA) is 38.1 Å². The zero-order valence-corrected chi connectivity index (χ0v) is 12.9. The highest BCUT2D eigenvalue weighted by atomic mass is 79.9. The third-order valence-electron chi connectivity index (χ3n) is 3.51. The maximum absolute atomic E-state index is 12.2. The number of aryl methyl sites for hydroxylation is 1. The maximum atomic E-state index is 12.2. The minimum Gasteiger partial charge on any atom is -0.296 e. The number of carbonyl (C=O) groups excluding carboxylic acids is 1. The fourth-order valence-corrected chi connectivity index (χ4v) is 2.98. The quantitative estimate of drug-likeness (QED) is 0.810. The number of aromatic nitrogens is 2. The molecule has 0 spiro atoms. The Hall–Kier alpha value is -1.62. The lowest BCUT2D eigenvalue weighted by Crippen LogP contribution is -2.27. The normalized spacial score (nSPS) is 18.8. The number of nitrogens with zero attached hydrogens (tertiary/aromatic N) is 3. The van der Waals surface area contributed by atoms with Gasteiger partial charge in [0.1, 0.15) is 5.82 Å². The number of benzene rings is 1. The number of carbonyl (C=O) groups is 1. The summed E-state index contributed by atoms with van der Waals surface area (Å²) in [5, 5.41) is 5.38. The van der Waals surface area contributed by atoms with Crippen LogP contribution in [0.15, 0.2) is 36.4 Å². The Kier molecular flexibility index (Phi) is 3.61. The minimum atomic E-state index is 0.173. The van der Waals surface area contributed by atoms with Gasteiger partial charge in [-0.15, -0.1) is 0 Å². The Bertz CT molecular complexity index is 623. The van der Waals surface area contributed by atoms with Crippen LogP contribution in [0.5, 0.6) is 0 Å². The first-order valence-corrected chi connectivity index (χ1v) is 7.79. The number of anilines is 1. The molecule has 1 unspecified atom stereocenters. The number of halogens is 1. The molecular formula is C15H16BrN3O. The van der Waals surface area contributed by atoms with Crippen LogP contribution >= 0.6 is 15.9 Å². The summed E-state index contributed by atoms with van der Waals surface area (Å²) >= 11 is 3.47. The molecule has 5 heteroatoms. The van der Waals surface area contributed by atoms with Crippen LogP contribution in [0.1, 0.15) is 12.1 Å². The largest absolute Gasteiger partial charge is 0.296 e. The van der Waals surface area contributed by atoms with E-state index in [-0.39, 0.29) is 5.91 Å². The molecule has 3 rings (SSSR count). The third-order valence-corrected chi connectivity index (χ3v) is 4.43. The highest BCUT2D eigenvalue weighted by Crippen LogP contribution is 2.28. The van der Waals surface area contributed by atoms with Crippen molar-refractivity contribution in [2.24, 2.45) is 5.92 Å². The van der Waals surface area contributed by atoms with E-state index in [1.165, 1.54) is 0 Å². The molecule has 20 heavy (non-hydrogen) atoms. The number of rotatable bonds is 3. The molecule has 0 N–H and O–H groups in total. The number of para-hydroxylation sites is 1. The molecule has 1 saturated heterocycles. The first kappa shape index (κ1) is 13.4. The van der Waals surface area contributed by atoms with Crippen LogP contribution in [0, 0.1) is 12.8 Å². The zero-order valence-electron chi connectivity index (χ0n) is 11.3. The second kappa shape index (κ2) is 5.40. The molecule has 2 heterocycles. The van der Waals surface area contributed by atoms with Crippen molar-refractivity contribution in [1.82, 2.24) is 9.78 Å². The lowest BCUT2D eigenvalue weighted by Gasteiger charge is -2.17. The fourth-order valence-electron chi connectivity index (χ4n) is 2.54. The highest BCUT2D eigenvalue weighted by molar-refractivity contribution is 9.09. The Balaban J connectivity index is 2.01. The van der Waals surface area contributed by atoms with Crippen molar-refractivity contribution in [3.63, 3.8) is 0 Å². The van der Waals surface area contributed by atoms with E-state index < -0.39 is 0 Å². The summed E-state index contributed by atoms with van der Waals surface area (Å²) < 4.78 is 1.85. The lowest BCUT2D eigenvalue weighted by atomic mass is 10.2. The van der Waals surface area contributed by atoms with E-state index in [4.69, 9.17) is 0 Å². The summed E-state index contributed by atoms with van der Waals surface area (Å²) in [7, 11) is 0. The van der Waals surface area contributed by atoms with Crippen molar-refractivity contribution in [2.75, 3.05) is 16.8 Å². The van der Waals surface area contributed by atoms with E-state index in [2.05, 4.69) is 21.0 Å². The predicted octanol–water partition coefficient (Wildman–Crippen LogP) is 2.93. The molecule has 0 bridgehead atoms. The Morgan fingerprint density at radius 3 is 2.75 bits per heavy atom. The number of amides is 1. The molecule has 0 saturated carbocycles. The molecule has 2 aromatic rings. The summed E-state index contributed by atoms with van der Waals surface area (Å²) in [5.41, 5.74) is 1.89. The molecule has 4 nitrogen and oxygen atoms in total. The molecule has 1 aromatic carbocycles. The van der Waals surface area contributed by atoms with Crippen molar-refractivity contribution in [3.05, 3.63) is 42.1 Å². The molecule has 1 aromatic heterocycles. The van der Waals surface area contributed by atoms with E-state index >= 15 is 0 Å². The molecule has 1 aliphatic heterocycles. The molecule has 0 radical (unpaired) electrons.